The Bertz CT molecular complexity index is 2500. The summed E-state index contributed by atoms with van der Waals surface area (Å²) in [6.07, 6.45) is 0. The number of rotatable bonds is 6. The molecule has 0 saturated heterocycles. The maximum absolute atomic E-state index is 5.32. The van der Waals surface area contributed by atoms with Gasteiger partial charge in [-0.25, -0.2) is 9.67 Å². The zero-order valence-corrected chi connectivity index (χ0v) is 26.7. The summed E-state index contributed by atoms with van der Waals surface area (Å²) in [6.45, 7) is 0. The van der Waals surface area contributed by atoms with E-state index in [1.54, 1.807) is 0 Å². The van der Waals surface area contributed by atoms with Crippen LogP contribution in [0.15, 0.2) is 188 Å². The molecule has 0 atom stereocenters. The SMILES string of the molecule is c1ccc(-c2cc(-c3ccc(-c4cc5ccccc5c5c4c(-c4ccccc4)nn5-c4ccccc4)cc3)cc(-c3ccccc3)n2)cc1. The van der Waals surface area contributed by atoms with Gasteiger partial charge in [-0.15, -0.1) is 0 Å². The molecule has 0 unspecified atom stereocenters. The molecule has 0 spiro atoms. The average molecular weight is 626 g/mol. The van der Waals surface area contributed by atoms with Crippen molar-refractivity contribution in [2.75, 3.05) is 0 Å². The zero-order chi connectivity index (χ0) is 32.6. The first-order valence-electron chi connectivity index (χ1n) is 16.6. The van der Waals surface area contributed by atoms with E-state index >= 15 is 0 Å². The van der Waals surface area contributed by atoms with Crippen molar-refractivity contribution < 1.29 is 0 Å². The molecular formula is C46H31N3. The van der Waals surface area contributed by atoms with Crippen molar-refractivity contribution in [2.24, 2.45) is 0 Å². The van der Waals surface area contributed by atoms with Crippen molar-refractivity contribution in [1.29, 1.82) is 0 Å². The van der Waals surface area contributed by atoms with Crippen LogP contribution < -0.4 is 0 Å². The van der Waals surface area contributed by atoms with Crippen LogP contribution in [0.1, 0.15) is 0 Å². The van der Waals surface area contributed by atoms with Gasteiger partial charge in [0.25, 0.3) is 0 Å². The third-order valence-corrected chi connectivity index (χ3v) is 9.21. The van der Waals surface area contributed by atoms with Crippen LogP contribution in [0.3, 0.4) is 0 Å². The third kappa shape index (κ3) is 5.28. The van der Waals surface area contributed by atoms with Crippen LogP contribution in [0.4, 0.5) is 0 Å². The maximum atomic E-state index is 5.32. The lowest BCUT2D eigenvalue weighted by Gasteiger charge is -2.13. The molecule has 9 aromatic rings. The Kier molecular flexibility index (Phi) is 7.14. The van der Waals surface area contributed by atoms with E-state index in [9.17, 15) is 0 Å². The molecule has 0 fully saturated rings. The molecule has 49 heavy (non-hydrogen) atoms. The predicted octanol–water partition coefficient (Wildman–Crippen LogP) is 11.9. The minimum absolute atomic E-state index is 0.957. The van der Waals surface area contributed by atoms with Crippen molar-refractivity contribution in [3.05, 3.63) is 188 Å². The second kappa shape index (κ2) is 12.2. The quantitative estimate of drug-likeness (QED) is 0.184. The zero-order valence-electron chi connectivity index (χ0n) is 26.7. The van der Waals surface area contributed by atoms with Gasteiger partial charge < -0.3 is 0 Å². The van der Waals surface area contributed by atoms with Gasteiger partial charge in [0.05, 0.1) is 22.6 Å². The number of pyridine rings is 1. The number of fused-ring (bicyclic) bond motifs is 3. The van der Waals surface area contributed by atoms with E-state index in [4.69, 9.17) is 10.1 Å². The standard InChI is InChI=1S/C46H31N3/c1-5-15-34(16-6-1)42-30-38(31-43(47-42)35-17-7-2-8-18-35)32-25-27-33(28-26-32)41-29-37-21-13-14-24-40(37)46-44(41)45(36-19-9-3-10-20-36)48-49(46)39-22-11-4-12-23-39/h1-31H. The van der Waals surface area contributed by atoms with Crippen molar-refractivity contribution in [3.63, 3.8) is 0 Å². The summed E-state index contributed by atoms with van der Waals surface area (Å²) >= 11 is 0. The van der Waals surface area contributed by atoms with Crippen molar-refractivity contribution in [2.45, 2.75) is 0 Å². The highest BCUT2D eigenvalue weighted by Gasteiger charge is 2.21. The van der Waals surface area contributed by atoms with Gasteiger partial charge in [-0.1, -0.05) is 158 Å². The average Bonchev–Trinajstić information content (AvgIpc) is 3.60. The molecule has 0 saturated carbocycles. The van der Waals surface area contributed by atoms with Crippen LogP contribution in [0.2, 0.25) is 0 Å². The second-order valence-corrected chi connectivity index (χ2v) is 12.3. The van der Waals surface area contributed by atoms with E-state index < -0.39 is 0 Å². The molecule has 0 N–H and O–H groups in total. The van der Waals surface area contributed by atoms with Crippen LogP contribution in [0.5, 0.6) is 0 Å². The van der Waals surface area contributed by atoms with Gasteiger partial charge in [0.2, 0.25) is 0 Å². The minimum Gasteiger partial charge on any atom is -0.248 e. The van der Waals surface area contributed by atoms with Gasteiger partial charge in [-0.2, -0.15) is 5.10 Å². The molecule has 2 heterocycles. The Hall–Kier alpha value is -6.58. The van der Waals surface area contributed by atoms with Gasteiger partial charge in [0.15, 0.2) is 0 Å². The summed E-state index contributed by atoms with van der Waals surface area (Å²) in [7, 11) is 0. The van der Waals surface area contributed by atoms with Gasteiger partial charge >= 0.3 is 0 Å². The molecule has 9 rings (SSSR count). The highest BCUT2D eigenvalue weighted by atomic mass is 15.3. The second-order valence-electron chi connectivity index (χ2n) is 12.3. The Labute approximate surface area is 285 Å². The van der Waals surface area contributed by atoms with E-state index in [1.807, 2.05) is 18.2 Å². The molecule has 3 heteroatoms. The summed E-state index contributed by atoms with van der Waals surface area (Å²) < 4.78 is 2.12. The van der Waals surface area contributed by atoms with Gasteiger partial charge in [0.1, 0.15) is 5.69 Å². The molecule has 0 aliphatic rings. The van der Waals surface area contributed by atoms with Crippen molar-refractivity contribution in [3.8, 4) is 61.7 Å². The highest BCUT2D eigenvalue weighted by molar-refractivity contribution is 6.17. The van der Waals surface area contributed by atoms with E-state index in [0.29, 0.717) is 0 Å². The Balaban J connectivity index is 1.24. The summed E-state index contributed by atoms with van der Waals surface area (Å²) in [5.41, 5.74) is 12.9. The first-order chi connectivity index (χ1) is 24.3. The first-order valence-corrected chi connectivity index (χ1v) is 16.6. The number of aromatic nitrogens is 3. The molecule has 7 aromatic carbocycles. The largest absolute Gasteiger partial charge is 0.248 e. The normalized spacial score (nSPS) is 11.3. The number of para-hydroxylation sites is 1. The predicted molar refractivity (Wildman–Crippen MR) is 204 cm³/mol. The van der Waals surface area contributed by atoms with E-state index in [2.05, 4.69) is 175 Å². The smallest absolute Gasteiger partial charge is 0.101 e. The number of hydrogen-bond acceptors (Lipinski definition) is 2. The summed E-state index contributed by atoms with van der Waals surface area (Å²) in [6, 6.07) is 66.1. The Morgan fingerprint density at radius 2 is 0.898 bits per heavy atom. The minimum atomic E-state index is 0.957. The van der Waals surface area contributed by atoms with Gasteiger partial charge in [-0.3, -0.25) is 0 Å². The lowest BCUT2D eigenvalue weighted by Crippen LogP contribution is -1.96. The van der Waals surface area contributed by atoms with Crippen molar-refractivity contribution >= 4 is 21.7 Å². The fourth-order valence-electron chi connectivity index (χ4n) is 6.82. The molecule has 0 aliphatic heterocycles. The van der Waals surface area contributed by atoms with Crippen LogP contribution in [-0.4, -0.2) is 14.8 Å². The molecule has 2 aromatic heterocycles. The molecule has 230 valence electrons. The number of nitrogens with zero attached hydrogens (tertiary/aromatic N) is 3. The fraction of sp³-hybridized carbons (Fsp3) is 0. The monoisotopic (exact) mass is 625 g/mol. The highest BCUT2D eigenvalue weighted by Crippen LogP contribution is 2.42. The van der Waals surface area contributed by atoms with Crippen LogP contribution in [0.25, 0.3) is 83.4 Å². The van der Waals surface area contributed by atoms with Crippen molar-refractivity contribution in [1.82, 2.24) is 14.8 Å². The Morgan fingerprint density at radius 3 is 1.51 bits per heavy atom. The van der Waals surface area contributed by atoms with Crippen LogP contribution >= 0.6 is 0 Å². The summed E-state index contributed by atoms with van der Waals surface area (Å²) in [5, 5.41) is 8.82. The van der Waals surface area contributed by atoms with E-state index in [0.717, 1.165) is 72.6 Å². The molecule has 0 aliphatic carbocycles. The summed E-state index contributed by atoms with van der Waals surface area (Å²) in [4.78, 5) is 5.08. The third-order valence-electron chi connectivity index (χ3n) is 9.21. The molecule has 3 nitrogen and oxygen atoms in total. The summed E-state index contributed by atoms with van der Waals surface area (Å²) in [5.74, 6) is 0. The van der Waals surface area contributed by atoms with Crippen LogP contribution in [-0.2, 0) is 0 Å². The maximum Gasteiger partial charge on any atom is 0.101 e. The van der Waals surface area contributed by atoms with E-state index in [-0.39, 0.29) is 0 Å². The van der Waals surface area contributed by atoms with Gasteiger partial charge in [0, 0.05) is 27.5 Å². The molecule has 0 amide bonds. The van der Waals surface area contributed by atoms with Gasteiger partial charge in [-0.05, 0) is 58.0 Å². The molecule has 0 bridgehead atoms. The van der Waals surface area contributed by atoms with Crippen LogP contribution in [0, 0.1) is 0 Å². The lowest BCUT2D eigenvalue weighted by atomic mass is 9.92. The number of hydrogen-bond donors (Lipinski definition) is 0. The Morgan fingerprint density at radius 1 is 0.388 bits per heavy atom. The first kappa shape index (κ1) is 28.6. The van der Waals surface area contributed by atoms with E-state index in [1.165, 1.54) is 10.8 Å². The fourth-order valence-corrected chi connectivity index (χ4v) is 6.82. The molecular weight excluding hydrogens is 595 g/mol. The topological polar surface area (TPSA) is 30.7 Å². The lowest BCUT2D eigenvalue weighted by molar-refractivity contribution is 0.918. The number of benzene rings is 7. The molecule has 0 radical (unpaired) electrons.